The quantitative estimate of drug-likeness (QED) is 0.884. The Bertz CT molecular complexity index is 355. The summed E-state index contributed by atoms with van der Waals surface area (Å²) in [7, 11) is 0. The molecule has 1 saturated heterocycles. The van der Waals surface area contributed by atoms with Crippen LogP contribution >= 0.6 is 15.9 Å². The molecule has 3 nitrogen and oxygen atoms in total. The molecule has 1 N–H and O–H groups in total. The van der Waals surface area contributed by atoms with Crippen LogP contribution in [0.5, 0.6) is 0 Å². The Hall–Kier alpha value is -0.610. The van der Waals surface area contributed by atoms with E-state index in [0.29, 0.717) is 24.4 Å². The van der Waals surface area contributed by atoms with Crippen LogP contribution in [0.1, 0.15) is 0 Å². The van der Waals surface area contributed by atoms with Gasteiger partial charge in [-0.05, 0) is 45.8 Å². The summed E-state index contributed by atoms with van der Waals surface area (Å²) in [6, 6.07) is 4.07. The molecule has 0 bridgehead atoms. The number of aliphatic hydroxyl groups is 1. The van der Waals surface area contributed by atoms with E-state index in [9.17, 15) is 0 Å². The van der Waals surface area contributed by atoms with E-state index in [1.165, 1.54) is 0 Å². The number of pyridine rings is 1. The van der Waals surface area contributed by atoms with Crippen LogP contribution < -0.4 is 4.90 Å². The summed E-state index contributed by atoms with van der Waals surface area (Å²) in [5.74, 6) is 3.04. The fourth-order valence-corrected chi connectivity index (χ4v) is 2.90. The Morgan fingerprint density at radius 3 is 2.67 bits per heavy atom. The molecular weight excluding hydrogens is 256 g/mol. The topological polar surface area (TPSA) is 36.4 Å². The highest BCUT2D eigenvalue weighted by atomic mass is 79.9. The number of anilines is 1. The van der Waals surface area contributed by atoms with E-state index >= 15 is 0 Å². The van der Waals surface area contributed by atoms with Crippen LogP contribution in [-0.2, 0) is 0 Å². The molecule has 0 amide bonds. The minimum atomic E-state index is 0.358. The predicted octanol–water partition coefficient (Wildman–Crippen LogP) is 1.52. The lowest BCUT2D eigenvalue weighted by Gasteiger charge is -2.20. The van der Waals surface area contributed by atoms with Crippen molar-refractivity contribution in [1.82, 2.24) is 4.98 Å². The van der Waals surface area contributed by atoms with Crippen LogP contribution in [-0.4, -0.2) is 29.8 Å². The number of rotatable bonds is 2. The summed E-state index contributed by atoms with van der Waals surface area (Å²) in [4.78, 5) is 6.70. The zero-order chi connectivity index (χ0) is 10.4. The van der Waals surface area contributed by atoms with Gasteiger partial charge in [-0.2, -0.15) is 0 Å². The molecule has 4 heteroatoms. The number of hydrogen-bond donors (Lipinski definition) is 1. The lowest BCUT2D eigenvalue weighted by molar-refractivity contribution is 0.260. The van der Waals surface area contributed by atoms with E-state index in [1.807, 2.05) is 18.3 Å². The van der Waals surface area contributed by atoms with Gasteiger partial charge < -0.3 is 10.0 Å². The maximum absolute atomic E-state index is 9.06. The molecule has 2 aliphatic rings. The van der Waals surface area contributed by atoms with Crippen molar-refractivity contribution in [3.8, 4) is 0 Å². The monoisotopic (exact) mass is 268 g/mol. The molecule has 1 aromatic heterocycles. The summed E-state index contributed by atoms with van der Waals surface area (Å²) in [5.41, 5.74) is 0. The van der Waals surface area contributed by atoms with E-state index in [2.05, 4.69) is 25.8 Å². The van der Waals surface area contributed by atoms with Crippen LogP contribution in [0.3, 0.4) is 0 Å². The fourth-order valence-electron chi connectivity index (χ4n) is 2.66. The molecule has 0 unspecified atom stereocenters. The summed E-state index contributed by atoms with van der Waals surface area (Å²) < 4.78 is 1.02. The molecule has 2 heterocycles. The molecule has 0 aromatic carbocycles. The van der Waals surface area contributed by atoms with Crippen LogP contribution in [0.25, 0.3) is 0 Å². The van der Waals surface area contributed by atoms with Crippen molar-refractivity contribution in [3.63, 3.8) is 0 Å². The minimum Gasteiger partial charge on any atom is -0.396 e. The molecule has 1 saturated carbocycles. The van der Waals surface area contributed by atoms with Gasteiger partial charge in [-0.3, -0.25) is 0 Å². The first kappa shape index (κ1) is 9.60. The molecule has 2 fully saturated rings. The zero-order valence-corrected chi connectivity index (χ0v) is 9.89. The first-order valence-electron chi connectivity index (χ1n) is 5.27. The lowest BCUT2D eigenvalue weighted by atomic mass is 10.3. The number of aliphatic hydroxyl groups excluding tert-OH is 1. The molecule has 0 spiro atoms. The molecule has 3 atom stereocenters. The third kappa shape index (κ3) is 1.56. The van der Waals surface area contributed by atoms with E-state index in [-0.39, 0.29) is 0 Å². The number of aromatic nitrogens is 1. The van der Waals surface area contributed by atoms with Gasteiger partial charge in [0.1, 0.15) is 5.82 Å². The van der Waals surface area contributed by atoms with Gasteiger partial charge in [-0.15, -0.1) is 0 Å². The SMILES string of the molecule is OC[C@H]1[C@H]2CN(c3ccc(Br)cn3)C[C@@H]12. The molecule has 1 aliphatic heterocycles. The molecule has 0 radical (unpaired) electrons. The molecule has 3 rings (SSSR count). The smallest absolute Gasteiger partial charge is 0.128 e. The van der Waals surface area contributed by atoms with Gasteiger partial charge in [-0.1, -0.05) is 0 Å². The number of fused-ring (bicyclic) bond motifs is 1. The Morgan fingerprint density at radius 2 is 2.13 bits per heavy atom. The fraction of sp³-hybridized carbons (Fsp3) is 0.545. The van der Waals surface area contributed by atoms with E-state index in [4.69, 9.17) is 5.11 Å². The van der Waals surface area contributed by atoms with E-state index in [1.54, 1.807) is 0 Å². The Labute approximate surface area is 97.3 Å². The average molecular weight is 269 g/mol. The molecular formula is C11H13BrN2O. The number of piperidine rings is 1. The summed E-state index contributed by atoms with van der Waals surface area (Å²) >= 11 is 3.38. The minimum absolute atomic E-state index is 0.358. The van der Waals surface area contributed by atoms with Crippen molar-refractivity contribution in [2.24, 2.45) is 17.8 Å². The van der Waals surface area contributed by atoms with Crippen molar-refractivity contribution >= 4 is 21.7 Å². The number of hydrogen-bond acceptors (Lipinski definition) is 3. The number of nitrogens with zero attached hydrogens (tertiary/aromatic N) is 2. The van der Waals surface area contributed by atoms with Crippen molar-refractivity contribution < 1.29 is 5.11 Å². The predicted molar refractivity (Wildman–Crippen MR) is 61.7 cm³/mol. The van der Waals surface area contributed by atoms with Crippen LogP contribution in [0, 0.1) is 17.8 Å². The van der Waals surface area contributed by atoms with Crippen molar-refractivity contribution in [2.75, 3.05) is 24.6 Å². The van der Waals surface area contributed by atoms with Crippen LogP contribution in [0.4, 0.5) is 5.82 Å². The van der Waals surface area contributed by atoms with Crippen molar-refractivity contribution in [3.05, 3.63) is 22.8 Å². The van der Waals surface area contributed by atoms with Gasteiger partial charge >= 0.3 is 0 Å². The van der Waals surface area contributed by atoms with E-state index in [0.717, 1.165) is 23.4 Å². The Kier molecular flexibility index (Phi) is 2.21. The second-order valence-corrected chi connectivity index (χ2v) is 5.33. The standard InChI is InChI=1S/C11H13BrN2O/c12-7-1-2-11(13-3-7)14-4-8-9(5-14)10(8)6-15/h1-3,8-10,15H,4-6H2/t8-,9+,10-. The van der Waals surface area contributed by atoms with Gasteiger partial charge in [0.25, 0.3) is 0 Å². The molecule has 15 heavy (non-hydrogen) atoms. The second kappa shape index (κ2) is 3.46. The normalized spacial score (nSPS) is 32.9. The lowest BCUT2D eigenvalue weighted by Crippen LogP contribution is -2.25. The first-order chi connectivity index (χ1) is 7.29. The molecule has 80 valence electrons. The number of halogens is 1. The Morgan fingerprint density at radius 1 is 1.40 bits per heavy atom. The summed E-state index contributed by atoms with van der Waals surface area (Å²) in [5, 5.41) is 9.06. The van der Waals surface area contributed by atoms with E-state index < -0.39 is 0 Å². The molecule has 1 aromatic rings. The highest BCUT2D eigenvalue weighted by molar-refractivity contribution is 9.10. The van der Waals surface area contributed by atoms with Gasteiger partial charge in [-0.25, -0.2) is 4.98 Å². The maximum Gasteiger partial charge on any atom is 0.128 e. The van der Waals surface area contributed by atoms with Crippen molar-refractivity contribution in [1.29, 1.82) is 0 Å². The van der Waals surface area contributed by atoms with Gasteiger partial charge in [0.2, 0.25) is 0 Å². The first-order valence-corrected chi connectivity index (χ1v) is 6.06. The molecule has 1 aliphatic carbocycles. The maximum atomic E-state index is 9.06. The third-order valence-electron chi connectivity index (χ3n) is 3.62. The van der Waals surface area contributed by atoms with Crippen LogP contribution in [0.2, 0.25) is 0 Å². The summed E-state index contributed by atoms with van der Waals surface area (Å²) in [6.07, 6.45) is 1.84. The highest BCUT2D eigenvalue weighted by Gasteiger charge is 2.55. The van der Waals surface area contributed by atoms with Gasteiger partial charge in [0.15, 0.2) is 0 Å². The van der Waals surface area contributed by atoms with Crippen LogP contribution in [0.15, 0.2) is 22.8 Å². The average Bonchev–Trinajstić information content (AvgIpc) is 2.72. The highest BCUT2D eigenvalue weighted by Crippen LogP contribution is 2.51. The largest absolute Gasteiger partial charge is 0.396 e. The van der Waals surface area contributed by atoms with Gasteiger partial charge in [0, 0.05) is 30.4 Å². The van der Waals surface area contributed by atoms with Crippen molar-refractivity contribution in [2.45, 2.75) is 0 Å². The third-order valence-corrected chi connectivity index (χ3v) is 4.09. The summed E-state index contributed by atoms with van der Waals surface area (Å²) in [6.45, 7) is 2.48. The van der Waals surface area contributed by atoms with Gasteiger partial charge in [0.05, 0.1) is 0 Å². The zero-order valence-electron chi connectivity index (χ0n) is 8.31. The Balaban J connectivity index is 1.69. The second-order valence-electron chi connectivity index (χ2n) is 4.41.